The predicted molar refractivity (Wildman–Crippen MR) is 74.0 cm³/mol. The summed E-state index contributed by atoms with van der Waals surface area (Å²) in [6.07, 6.45) is 0. The fourth-order valence-electron chi connectivity index (χ4n) is 2.23. The Morgan fingerprint density at radius 3 is 1.45 bits per heavy atom. The molecule has 0 spiro atoms. The van der Waals surface area contributed by atoms with Crippen molar-refractivity contribution in [1.29, 1.82) is 0 Å². The molecule has 5 nitrogen and oxygen atoms in total. The molecular formula is C13H11NO4S2. The molecular weight excluding hydrogens is 298 g/mol. The lowest BCUT2D eigenvalue weighted by atomic mass is 10.1. The summed E-state index contributed by atoms with van der Waals surface area (Å²) < 4.78 is 50.3. The van der Waals surface area contributed by atoms with Gasteiger partial charge in [0, 0.05) is 18.2 Å². The van der Waals surface area contributed by atoms with Crippen LogP contribution < -0.4 is 0 Å². The van der Waals surface area contributed by atoms with Crippen LogP contribution in [0.1, 0.15) is 0 Å². The van der Waals surface area contributed by atoms with E-state index in [1.807, 2.05) is 0 Å². The molecule has 0 atom stereocenters. The lowest BCUT2D eigenvalue weighted by Gasteiger charge is -2.14. The predicted octanol–water partition coefficient (Wildman–Crippen LogP) is 1.68. The Morgan fingerprint density at radius 2 is 1.05 bits per heavy atom. The molecule has 0 bridgehead atoms. The van der Waals surface area contributed by atoms with Crippen LogP contribution in [-0.4, -0.2) is 27.6 Å². The highest BCUT2D eigenvalue weighted by molar-refractivity contribution is 8.04. The molecule has 7 heteroatoms. The minimum atomic E-state index is -4.09. The van der Waals surface area contributed by atoms with Gasteiger partial charge in [0.2, 0.25) is 0 Å². The molecule has 2 aromatic carbocycles. The maximum absolute atomic E-state index is 12.5. The van der Waals surface area contributed by atoms with Crippen LogP contribution in [0.4, 0.5) is 0 Å². The number of nitrogens with zero attached hydrogens (tertiary/aromatic N) is 1. The Balaban J connectivity index is 2.57. The zero-order valence-electron chi connectivity index (χ0n) is 10.5. The number of benzene rings is 2. The number of hydrogen-bond donors (Lipinski definition) is 0. The van der Waals surface area contributed by atoms with Crippen LogP contribution in [0.2, 0.25) is 0 Å². The van der Waals surface area contributed by atoms with E-state index in [1.54, 1.807) is 36.4 Å². The summed E-state index contributed by atoms with van der Waals surface area (Å²) >= 11 is 0. The first kappa shape index (κ1) is 13.3. The van der Waals surface area contributed by atoms with Gasteiger partial charge in [0.1, 0.15) is 0 Å². The molecule has 0 unspecified atom stereocenters. The van der Waals surface area contributed by atoms with E-state index in [0.29, 0.717) is 14.8 Å². The Morgan fingerprint density at radius 1 is 0.700 bits per heavy atom. The van der Waals surface area contributed by atoms with Crippen LogP contribution in [0.3, 0.4) is 0 Å². The standard InChI is InChI=1S/C13H11NO4S2/c1-14-19(15,16)12-8-4-2-6-10(12)11-7-3-5-9-13(11)20(14,17)18/h2-9H,1H3. The zero-order chi connectivity index (χ0) is 14.5. The van der Waals surface area contributed by atoms with E-state index in [4.69, 9.17) is 0 Å². The summed E-state index contributed by atoms with van der Waals surface area (Å²) in [5, 5.41) is 0. The monoisotopic (exact) mass is 309 g/mol. The van der Waals surface area contributed by atoms with Gasteiger partial charge in [-0.25, -0.2) is 16.8 Å². The fourth-order valence-corrected chi connectivity index (χ4v) is 5.72. The van der Waals surface area contributed by atoms with Gasteiger partial charge in [0.15, 0.2) is 0 Å². The van der Waals surface area contributed by atoms with Crippen LogP contribution in [0.5, 0.6) is 0 Å². The van der Waals surface area contributed by atoms with E-state index in [-0.39, 0.29) is 9.79 Å². The van der Waals surface area contributed by atoms with Crippen LogP contribution in [-0.2, 0) is 20.0 Å². The van der Waals surface area contributed by atoms with E-state index in [9.17, 15) is 16.8 Å². The van der Waals surface area contributed by atoms with Crippen molar-refractivity contribution in [3.05, 3.63) is 48.5 Å². The second kappa shape index (κ2) is 4.15. The van der Waals surface area contributed by atoms with Crippen molar-refractivity contribution >= 4 is 20.0 Å². The molecule has 0 amide bonds. The van der Waals surface area contributed by atoms with Crippen molar-refractivity contribution < 1.29 is 16.8 Å². The second-order valence-corrected chi connectivity index (χ2v) is 8.49. The third kappa shape index (κ3) is 1.64. The molecule has 0 aromatic heterocycles. The van der Waals surface area contributed by atoms with Crippen LogP contribution in [0.15, 0.2) is 58.3 Å². The Labute approximate surface area is 117 Å². The topological polar surface area (TPSA) is 71.5 Å². The number of fused-ring (bicyclic) bond motifs is 3. The fraction of sp³-hybridized carbons (Fsp3) is 0.0769. The highest BCUT2D eigenvalue weighted by Gasteiger charge is 2.39. The van der Waals surface area contributed by atoms with Gasteiger partial charge in [-0.2, -0.15) is 0 Å². The van der Waals surface area contributed by atoms with Crippen LogP contribution in [0, 0.1) is 0 Å². The molecule has 0 N–H and O–H groups in total. The molecule has 1 aliphatic rings. The zero-order valence-corrected chi connectivity index (χ0v) is 12.1. The third-order valence-corrected chi connectivity index (χ3v) is 7.65. The summed E-state index contributed by atoms with van der Waals surface area (Å²) in [6.45, 7) is 0. The number of sulfonamides is 2. The normalized spacial score (nSPS) is 19.6. The van der Waals surface area contributed by atoms with Gasteiger partial charge in [-0.1, -0.05) is 40.1 Å². The van der Waals surface area contributed by atoms with Gasteiger partial charge >= 0.3 is 0 Å². The van der Waals surface area contributed by atoms with Crippen molar-refractivity contribution in [3.8, 4) is 11.1 Å². The van der Waals surface area contributed by atoms with Crippen molar-refractivity contribution in [1.82, 2.24) is 3.71 Å². The maximum atomic E-state index is 12.5. The quantitative estimate of drug-likeness (QED) is 0.742. The minimum Gasteiger partial charge on any atom is -0.206 e. The average molecular weight is 309 g/mol. The number of rotatable bonds is 0. The summed E-state index contributed by atoms with van der Waals surface area (Å²) in [5.74, 6) is 0. The maximum Gasteiger partial charge on any atom is 0.256 e. The highest BCUT2D eigenvalue weighted by Crippen LogP contribution is 2.39. The first-order valence-corrected chi connectivity index (χ1v) is 8.67. The van der Waals surface area contributed by atoms with Crippen molar-refractivity contribution in [2.45, 2.75) is 9.79 Å². The Kier molecular flexibility index (Phi) is 2.75. The molecule has 104 valence electrons. The second-order valence-electron chi connectivity index (χ2n) is 4.38. The molecule has 1 heterocycles. The van der Waals surface area contributed by atoms with Gasteiger partial charge < -0.3 is 0 Å². The summed E-state index contributed by atoms with van der Waals surface area (Å²) in [6, 6.07) is 12.6. The number of hydrogen-bond acceptors (Lipinski definition) is 4. The molecule has 0 radical (unpaired) electrons. The Bertz CT molecular complexity index is 826. The molecule has 0 saturated heterocycles. The van der Waals surface area contributed by atoms with Crippen molar-refractivity contribution in [2.75, 3.05) is 7.05 Å². The van der Waals surface area contributed by atoms with Crippen molar-refractivity contribution in [2.24, 2.45) is 0 Å². The van der Waals surface area contributed by atoms with Gasteiger partial charge in [-0.05, 0) is 12.1 Å². The summed E-state index contributed by atoms with van der Waals surface area (Å²) in [4.78, 5) is -0.00736. The highest BCUT2D eigenvalue weighted by atomic mass is 32.3. The van der Waals surface area contributed by atoms with Gasteiger partial charge in [-0.15, -0.1) is 0 Å². The lowest BCUT2D eigenvalue weighted by molar-refractivity contribution is 0.527. The first-order valence-electron chi connectivity index (χ1n) is 5.79. The molecule has 3 rings (SSSR count). The average Bonchev–Trinajstić information content (AvgIpc) is 2.50. The van der Waals surface area contributed by atoms with E-state index >= 15 is 0 Å². The van der Waals surface area contributed by atoms with E-state index < -0.39 is 20.0 Å². The molecule has 20 heavy (non-hydrogen) atoms. The smallest absolute Gasteiger partial charge is 0.206 e. The molecule has 0 aliphatic carbocycles. The summed E-state index contributed by atoms with van der Waals surface area (Å²) in [7, 11) is -7.12. The van der Waals surface area contributed by atoms with Gasteiger partial charge in [0.25, 0.3) is 20.0 Å². The summed E-state index contributed by atoms with van der Waals surface area (Å²) in [5.41, 5.74) is 0.798. The first-order chi connectivity index (χ1) is 9.37. The van der Waals surface area contributed by atoms with E-state index in [0.717, 1.165) is 7.05 Å². The van der Waals surface area contributed by atoms with Crippen LogP contribution >= 0.6 is 0 Å². The molecule has 0 saturated carbocycles. The van der Waals surface area contributed by atoms with Gasteiger partial charge in [0.05, 0.1) is 9.79 Å². The van der Waals surface area contributed by atoms with Gasteiger partial charge in [-0.3, -0.25) is 0 Å². The van der Waals surface area contributed by atoms with Crippen molar-refractivity contribution in [3.63, 3.8) is 0 Å². The molecule has 2 aromatic rings. The van der Waals surface area contributed by atoms with E-state index in [1.165, 1.54) is 12.1 Å². The SMILES string of the molecule is CN1S(=O)(=O)c2ccccc2-c2ccccc2S1(=O)=O. The van der Waals surface area contributed by atoms with E-state index in [2.05, 4.69) is 0 Å². The molecule has 1 aliphatic heterocycles. The largest absolute Gasteiger partial charge is 0.256 e. The molecule has 0 fully saturated rings. The van der Waals surface area contributed by atoms with Crippen LogP contribution in [0.25, 0.3) is 11.1 Å². The third-order valence-electron chi connectivity index (χ3n) is 3.30. The minimum absolute atomic E-state index is 0.00368. The Hall–Kier alpha value is -1.70. The lowest BCUT2D eigenvalue weighted by Crippen LogP contribution is -2.32.